The molecule has 0 nitrogen and oxygen atoms in total. The van der Waals surface area contributed by atoms with Gasteiger partial charge in [0.25, 0.3) is 0 Å². The van der Waals surface area contributed by atoms with Crippen molar-refractivity contribution in [1.82, 2.24) is 0 Å². The quantitative estimate of drug-likeness (QED) is 0.441. The zero-order valence-corrected chi connectivity index (χ0v) is 22.3. The van der Waals surface area contributed by atoms with E-state index in [9.17, 15) is 0 Å². The van der Waals surface area contributed by atoms with Crippen LogP contribution < -0.4 is 0 Å². The molecule has 10 radical (unpaired) electrons. The Labute approximate surface area is 166 Å². The van der Waals surface area contributed by atoms with E-state index in [0.29, 0.717) is 0 Å². The first kappa shape index (κ1) is 25.5. The van der Waals surface area contributed by atoms with Gasteiger partial charge in [0.05, 0.1) is 0 Å². The molecule has 0 saturated heterocycles. The number of hydrogen-bond donors (Lipinski definition) is 0. The molecule has 2 rings (SSSR count). The molecule has 2 saturated carbocycles. The third kappa shape index (κ3) is 5.12. The fourth-order valence-electron chi connectivity index (χ4n) is 2.81. The van der Waals surface area contributed by atoms with Gasteiger partial charge in [-0.3, -0.25) is 0 Å². The van der Waals surface area contributed by atoms with Crippen molar-refractivity contribution < 1.29 is 39.0 Å². The first-order valence-corrected chi connectivity index (χ1v) is 7.50. The predicted octanol–water partition coefficient (Wildman–Crippen LogP) is 5.94. The van der Waals surface area contributed by atoms with Crippen molar-refractivity contribution in [3.05, 3.63) is 59.2 Å². The summed E-state index contributed by atoms with van der Waals surface area (Å²) >= 11 is 0. The molecule has 2 heteroatoms. The minimum absolute atomic E-state index is 0. The van der Waals surface area contributed by atoms with Gasteiger partial charge in [-0.05, 0) is 59.2 Å². The summed E-state index contributed by atoms with van der Waals surface area (Å²) in [6.45, 7) is 22.0. The first-order chi connectivity index (χ1) is 9.11. The summed E-state index contributed by atoms with van der Waals surface area (Å²) in [5.74, 6) is 14.7. The molecule has 0 N–H and O–H groups in total. The molecule has 0 aliphatic heterocycles. The van der Waals surface area contributed by atoms with Crippen LogP contribution in [0.5, 0.6) is 0 Å². The van der Waals surface area contributed by atoms with E-state index in [1.807, 2.05) is 0 Å². The van der Waals surface area contributed by atoms with Crippen LogP contribution in [0.4, 0.5) is 0 Å². The smallest absolute Gasteiger partial charge is 0 e. The van der Waals surface area contributed by atoms with Crippen molar-refractivity contribution in [3.8, 4) is 0 Å². The van der Waals surface area contributed by atoms with Gasteiger partial charge in [0.15, 0.2) is 0 Å². The van der Waals surface area contributed by atoms with E-state index in [0.717, 1.165) is 0 Å². The van der Waals surface area contributed by atoms with Crippen molar-refractivity contribution in [3.63, 3.8) is 0 Å². The van der Waals surface area contributed by atoms with Gasteiger partial charge in [-0.2, -0.15) is 0 Å². The average Bonchev–Trinajstić information content (AvgIpc) is 2.71. The first-order valence-electron chi connectivity index (χ1n) is 7.50. The molecule has 0 bridgehead atoms. The summed E-state index contributed by atoms with van der Waals surface area (Å²) in [6, 6.07) is 0. The van der Waals surface area contributed by atoms with Gasteiger partial charge in [0, 0.05) is 39.0 Å². The summed E-state index contributed by atoms with van der Waals surface area (Å²) in [7, 11) is 0. The van der Waals surface area contributed by atoms with Crippen LogP contribution in [0.1, 0.15) is 69.2 Å². The standard InChI is InChI=1S/2C10H15.2Zn/c2*1-6-7(2)9(4)10(5)8(6)3;;/h2*1-5H3;;. The minimum Gasteiger partial charge on any atom is -0.0579 e. The van der Waals surface area contributed by atoms with Gasteiger partial charge in [0.2, 0.25) is 0 Å². The topological polar surface area (TPSA) is 0 Å². The van der Waals surface area contributed by atoms with Gasteiger partial charge in [0.1, 0.15) is 0 Å². The Morgan fingerprint density at radius 2 is 0.273 bits per heavy atom. The Morgan fingerprint density at radius 1 is 0.227 bits per heavy atom. The number of rotatable bonds is 0. The van der Waals surface area contributed by atoms with Crippen LogP contribution in [0.25, 0.3) is 0 Å². The van der Waals surface area contributed by atoms with E-state index in [1.54, 1.807) is 0 Å². The van der Waals surface area contributed by atoms with Gasteiger partial charge >= 0.3 is 0 Å². The van der Waals surface area contributed by atoms with E-state index in [1.165, 1.54) is 59.2 Å². The molecule has 2 aliphatic carbocycles. The van der Waals surface area contributed by atoms with E-state index in [2.05, 4.69) is 69.2 Å². The van der Waals surface area contributed by atoms with Crippen molar-refractivity contribution in [2.24, 2.45) is 0 Å². The maximum absolute atomic E-state index is 2.20. The summed E-state index contributed by atoms with van der Waals surface area (Å²) in [6.07, 6.45) is 0. The Morgan fingerprint density at radius 3 is 0.318 bits per heavy atom. The summed E-state index contributed by atoms with van der Waals surface area (Å²) in [5.41, 5.74) is 0. The van der Waals surface area contributed by atoms with E-state index >= 15 is 0 Å². The van der Waals surface area contributed by atoms with Crippen LogP contribution >= 0.6 is 0 Å². The van der Waals surface area contributed by atoms with E-state index in [-0.39, 0.29) is 39.0 Å². The molecular weight excluding hydrogens is 371 g/mol. The zero-order valence-electron chi connectivity index (χ0n) is 16.4. The van der Waals surface area contributed by atoms with Crippen LogP contribution in [-0.4, -0.2) is 0 Å². The largest absolute Gasteiger partial charge is 0.0579 e. The molecular formula is C20H30Zn2. The molecule has 0 unspecified atom stereocenters. The molecule has 0 atom stereocenters. The second-order valence-electron chi connectivity index (χ2n) is 6.25. The third-order valence-electron chi connectivity index (χ3n) is 5.62. The molecule has 0 aromatic heterocycles. The normalized spacial score (nSPS) is 25.9. The maximum Gasteiger partial charge on any atom is 0 e. The van der Waals surface area contributed by atoms with Crippen LogP contribution in [0.15, 0.2) is 0 Å². The summed E-state index contributed by atoms with van der Waals surface area (Å²) < 4.78 is 0. The van der Waals surface area contributed by atoms with Gasteiger partial charge < -0.3 is 0 Å². The van der Waals surface area contributed by atoms with Crippen molar-refractivity contribution in [2.45, 2.75) is 69.2 Å². The molecule has 0 heterocycles. The Balaban J connectivity index is 0. The van der Waals surface area contributed by atoms with Crippen LogP contribution in [0.2, 0.25) is 0 Å². The van der Waals surface area contributed by atoms with Crippen LogP contribution in [0.3, 0.4) is 0 Å². The molecule has 0 aromatic rings. The Hall–Kier alpha value is 1.25. The second kappa shape index (κ2) is 10.3. The van der Waals surface area contributed by atoms with Crippen LogP contribution in [-0.2, 0) is 39.0 Å². The van der Waals surface area contributed by atoms with Gasteiger partial charge in [-0.25, -0.2) is 0 Å². The SMILES string of the molecule is C[C]1[C](C)[C](C)[C](C)[C]1C.C[C]1[C](C)[C](C)[C](C)[C]1C.[Zn].[Zn]. The average molecular weight is 401 g/mol. The molecule has 114 valence electrons. The van der Waals surface area contributed by atoms with Gasteiger partial charge in [-0.1, -0.05) is 69.2 Å². The fraction of sp³-hybridized carbons (Fsp3) is 0.500. The Kier molecular flexibility index (Phi) is 11.9. The van der Waals surface area contributed by atoms with Gasteiger partial charge in [-0.15, -0.1) is 0 Å². The van der Waals surface area contributed by atoms with Crippen molar-refractivity contribution in [1.29, 1.82) is 0 Å². The van der Waals surface area contributed by atoms with E-state index in [4.69, 9.17) is 0 Å². The third-order valence-corrected chi connectivity index (χ3v) is 5.62. The Bertz CT molecular complexity index is 184. The number of hydrogen-bond acceptors (Lipinski definition) is 0. The molecule has 0 spiro atoms. The predicted molar refractivity (Wildman–Crippen MR) is 89.2 cm³/mol. The summed E-state index contributed by atoms with van der Waals surface area (Å²) in [5, 5.41) is 0. The monoisotopic (exact) mass is 398 g/mol. The second-order valence-corrected chi connectivity index (χ2v) is 6.25. The molecule has 22 heavy (non-hydrogen) atoms. The molecule has 2 aliphatic rings. The zero-order chi connectivity index (χ0) is 15.8. The fourth-order valence-corrected chi connectivity index (χ4v) is 2.81. The maximum atomic E-state index is 2.20. The molecule has 0 aromatic carbocycles. The minimum atomic E-state index is 0. The molecule has 0 amide bonds. The van der Waals surface area contributed by atoms with Crippen LogP contribution in [0, 0.1) is 59.2 Å². The van der Waals surface area contributed by atoms with Crippen molar-refractivity contribution in [2.75, 3.05) is 0 Å². The van der Waals surface area contributed by atoms with Crippen molar-refractivity contribution >= 4 is 0 Å². The molecule has 2 fully saturated rings. The van der Waals surface area contributed by atoms with E-state index < -0.39 is 0 Å². The summed E-state index contributed by atoms with van der Waals surface area (Å²) in [4.78, 5) is 0.